The first-order valence-corrected chi connectivity index (χ1v) is 5.50. The Kier molecular flexibility index (Phi) is 2.67. The molecule has 14 heavy (non-hydrogen) atoms. The third-order valence-corrected chi connectivity index (χ3v) is 3.18. The monoisotopic (exact) mass is 208 g/mol. The molecule has 0 saturated heterocycles. The largest absolute Gasteiger partial charge is 0.342 e. The molecule has 0 aliphatic heterocycles. The minimum absolute atomic E-state index is 0.548. The van der Waals surface area contributed by atoms with Crippen molar-refractivity contribution in [3.63, 3.8) is 0 Å². The topological polar surface area (TPSA) is 54.5 Å². The molecule has 1 N–H and O–H groups in total. The van der Waals surface area contributed by atoms with Gasteiger partial charge in [0, 0.05) is 5.25 Å². The number of aromatic nitrogens is 4. The highest BCUT2D eigenvalue weighted by atomic mass is 32.2. The van der Waals surface area contributed by atoms with Crippen molar-refractivity contribution in [2.75, 3.05) is 0 Å². The molecular formula is C9H12N4S. The summed E-state index contributed by atoms with van der Waals surface area (Å²) in [6, 6.07) is 0. The van der Waals surface area contributed by atoms with Crippen LogP contribution in [0, 0.1) is 0 Å². The van der Waals surface area contributed by atoms with Gasteiger partial charge in [0.1, 0.15) is 5.52 Å². The van der Waals surface area contributed by atoms with Gasteiger partial charge in [0.15, 0.2) is 10.8 Å². The van der Waals surface area contributed by atoms with Gasteiger partial charge < -0.3 is 4.98 Å². The molecule has 0 bridgehead atoms. The smallest absolute Gasteiger partial charge is 0.189 e. The van der Waals surface area contributed by atoms with E-state index in [1.807, 2.05) is 0 Å². The number of nitrogens with one attached hydrogen (secondary N) is 1. The Balaban J connectivity index is 2.25. The Bertz CT molecular complexity index is 425. The quantitative estimate of drug-likeness (QED) is 0.621. The predicted molar refractivity (Wildman–Crippen MR) is 57.3 cm³/mol. The Morgan fingerprint density at radius 3 is 3.14 bits per heavy atom. The summed E-state index contributed by atoms with van der Waals surface area (Å²) in [6.45, 7) is 4.33. The van der Waals surface area contributed by atoms with Crippen LogP contribution in [0.3, 0.4) is 0 Å². The van der Waals surface area contributed by atoms with Crippen LogP contribution in [0.1, 0.15) is 20.3 Å². The minimum Gasteiger partial charge on any atom is -0.342 e. The predicted octanol–water partition coefficient (Wildman–Crippen LogP) is 2.24. The summed E-state index contributed by atoms with van der Waals surface area (Å²) in [5.74, 6) is 0. The van der Waals surface area contributed by atoms with E-state index in [0.717, 1.165) is 22.7 Å². The highest BCUT2D eigenvalue weighted by Crippen LogP contribution is 2.21. The van der Waals surface area contributed by atoms with Crippen molar-refractivity contribution in [1.29, 1.82) is 0 Å². The third-order valence-electron chi connectivity index (χ3n) is 2.03. The summed E-state index contributed by atoms with van der Waals surface area (Å²) in [7, 11) is 0. The lowest BCUT2D eigenvalue weighted by Gasteiger charge is -2.05. The number of H-pyrrole nitrogens is 1. The first kappa shape index (κ1) is 9.45. The van der Waals surface area contributed by atoms with Crippen molar-refractivity contribution in [3.05, 3.63) is 12.5 Å². The van der Waals surface area contributed by atoms with E-state index in [1.54, 1.807) is 24.3 Å². The van der Waals surface area contributed by atoms with Crippen LogP contribution in [-0.2, 0) is 0 Å². The molecule has 0 aliphatic carbocycles. The van der Waals surface area contributed by atoms with Crippen LogP contribution < -0.4 is 0 Å². The van der Waals surface area contributed by atoms with Gasteiger partial charge in [0.25, 0.3) is 0 Å². The fourth-order valence-corrected chi connectivity index (χ4v) is 1.82. The second-order valence-corrected chi connectivity index (χ2v) is 4.53. The van der Waals surface area contributed by atoms with Crippen LogP contribution >= 0.6 is 11.8 Å². The SMILES string of the molecule is CCC(C)Sc1ncc2[nH]cnc2n1. The first-order chi connectivity index (χ1) is 6.79. The first-order valence-electron chi connectivity index (χ1n) is 4.62. The van der Waals surface area contributed by atoms with E-state index >= 15 is 0 Å². The molecule has 4 nitrogen and oxygen atoms in total. The van der Waals surface area contributed by atoms with Gasteiger partial charge in [0.05, 0.1) is 12.5 Å². The van der Waals surface area contributed by atoms with Gasteiger partial charge in [-0.2, -0.15) is 0 Å². The van der Waals surface area contributed by atoms with Gasteiger partial charge in [-0.05, 0) is 6.42 Å². The average molecular weight is 208 g/mol. The van der Waals surface area contributed by atoms with Gasteiger partial charge in [-0.1, -0.05) is 25.6 Å². The van der Waals surface area contributed by atoms with E-state index in [2.05, 4.69) is 33.8 Å². The molecule has 1 atom stereocenters. The number of imidazole rings is 1. The van der Waals surface area contributed by atoms with Gasteiger partial charge >= 0.3 is 0 Å². The average Bonchev–Trinajstić information content (AvgIpc) is 2.64. The summed E-state index contributed by atoms with van der Waals surface area (Å²) in [4.78, 5) is 15.6. The summed E-state index contributed by atoms with van der Waals surface area (Å²) >= 11 is 1.69. The van der Waals surface area contributed by atoms with Crippen molar-refractivity contribution in [2.24, 2.45) is 0 Å². The normalized spacial score (nSPS) is 13.3. The zero-order valence-corrected chi connectivity index (χ0v) is 9.01. The number of hydrogen-bond acceptors (Lipinski definition) is 4. The van der Waals surface area contributed by atoms with Crippen molar-refractivity contribution in [3.8, 4) is 0 Å². The van der Waals surface area contributed by atoms with E-state index in [-0.39, 0.29) is 0 Å². The lowest BCUT2D eigenvalue weighted by Crippen LogP contribution is -1.95. The van der Waals surface area contributed by atoms with Crippen LogP contribution in [0.2, 0.25) is 0 Å². The molecule has 2 rings (SSSR count). The molecule has 1 unspecified atom stereocenters. The van der Waals surface area contributed by atoms with Crippen LogP contribution in [0.4, 0.5) is 0 Å². The van der Waals surface area contributed by atoms with E-state index in [4.69, 9.17) is 0 Å². The van der Waals surface area contributed by atoms with Gasteiger partial charge in [-0.15, -0.1) is 0 Å². The molecule has 2 aromatic heterocycles. The molecule has 2 heterocycles. The number of aromatic amines is 1. The molecule has 74 valence electrons. The van der Waals surface area contributed by atoms with Crippen molar-refractivity contribution in [1.82, 2.24) is 19.9 Å². The summed E-state index contributed by atoms with van der Waals surface area (Å²) < 4.78 is 0. The molecule has 0 saturated carbocycles. The molecule has 0 spiro atoms. The Labute approximate surface area is 86.6 Å². The number of thioether (sulfide) groups is 1. The van der Waals surface area contributed by atoms with Gasteiger partial charge in [0.2, 0.25) is 0 Å². The number of hydrogen-bond donors (Lipinski definition) is 1. The minimum atomic E-state index is 0.548. The fourth-order valence-electron chi connectivity index (χ4n) is 1.04. The Morgan fingerprint density at radius 2 is 2.36 bits per heavy atom. The van der Waals surface area contributed by atoms with Crippen molar-refractivity contribution >= 4 is 22.9 Å². The van der Waals surface area contributed by atoms with Crippen LogP contribution in [0.25, 0.3) is 11.2 Å². The second kappa shape index (κ2) is 3.96. The summed E-state index contributed by atoms with van der Waals surface area (Å²) in [5.41, 5.74) is 1.63. The van der Waals surface area contributed by atoms with Crippen molar-refractivity contribution < 1.29 is 0 Å². The van der Waals surface area contributed by atoms with E-state index in [9.17, 15) is 0 Å². The Morgan fingerprint density at radius 1 is 1.50 bits per heavy atom. The Hall–Kier alpha value is -1.10. The number of rotatable bonds is 3. The molecular weight excluding hydrogens is 196 g/mol. The van der Waals surface area contributed by atoms with E-state index in [1.165, 1.54) is 0 Å². The fraction of sp³-hybridized carbons (Fsp3) is 0.444. The molecule has 0 aliphatic rings. The van der Waals surface area contributed by atoms with Crippen LogP contribution in [-0.4, -0.2) is 25.2 Å². The maximum atomic E-state index is 4.33. The second-order valence-electron chi connectivity index (χ2n) is 3.13. The summed E-state index contributed by atoms with van der Waals surface area (Å²) in [5, 5.41) is 1.35. The number of nitrogens with zero attached hydrogens (tertiary/aromatic N) is 3. The van der Waals surface area contributed by atoms with Crippen molar-refractivity contribution in [2.45, 2.75) is 30.7 Å². The van der Waals surface area contributed by atoms with E-state index < -0.39 is 0 Å². The van der Waals surface area contributed by atoms with Crippen LogP contribution in [0.15, 0.2) is 17.7 Å². The van der Waals surface area contributed by atoms with Gasteiger partial charge in [-0.25, -0.2) is 15.0 Å². The maximum absolute atomic E-state index is 4.33. The van der Waals surface area contributed by atoms with Gasteiger partial charge in [-0.3, -0.25) is 0 Å². The number of fused-ring (bicyclic) bond motifs is 1. The third kappa shape index (κ3) is 1.87. The lowest BCUT2D eigenvalue weighted by molar-refractivity contribution is 0.889. The standard InChI is InChI=1S/C9H12N4S/c1-3-6(2)14-9-10-4-7-8(13-9)12-5-11-7/h4-6H,3H2,1-2H3,(H,10,11,12,13). The molecule has 2 aromatic rings. The lowest BCUT2D eigenvalue weighted by atomic mass is 10.4. The molecule has 0 radical (unpaired) electrons. The molecule has 0 aromatic carbocycles. The molecule has 5 heteroatoms. The summed E-state index contributed by atoms with van der Waals surface area (Å²) in [6.07, 6.45) is 4.53. The highest BCUT2D eigenvalue weighted by molar-refractivity contribution is 7.99. The highest BCUT2D eigenvalue weighted by Gasteiger charge is 2.06. The molecule has 0 amide bonds. The zero-order chi connectivity index (χ0) is 9.97. The molecule has 0 fully saturated rings. The zero-order valence-electron chi connectivity index (χ0n) is 8.19. The maximum Gasteiger partial charge on any atom is 0.189 e. The van der Waals surface area contributed by atoms with Crippen LogP contribution in [0.5, 0.6) is 0 Å². The van der Waals surface area contributed by atoms with E-state index in [0.29, 0.717) is 5.25 Å².